The van der Waals surface area contributed by atoms with E-state index in [1.807, 2.05) is 52.0 Å². The predicted octanol–water partition coefficient (Wildman–Crippen LogP) is 3.36. The minimum absolute atomic E-state index is 0.0171. The van der Waals surface area contributed by atoms with Crippen LogP contribution >= 0.6 is 0 Å². The van der Waals surface area contributed by atoms with Gasteiger partial charge in [0.25, 0.3) is 0 Å². The smallest absolute Gasteiger partial charge is 0.413 e. The average molecular weight is 350 g/mol. The molecule has 1 aromatic carbocycles. The largest absolute Gasteiger partial charge is 0.497 e. The predicted molar refractivity (Wildman–Crippen MR) is 94.4 cm³/mol. The van der Waals surface area contributed by atoms with Gasteiger partial charge in [-0.15, -0.1) is 0 Å². The van der Waals surface area contributed by atoms with Gasteiger partial charge in [0, 0.05) is 0 Å². The molecule has 0 aliphatic carbocycles. The highest BCUT2D eigenvalue weighted by atomic mass is 28.4. The van der Waals surface area contributed by atoms with Crippen LogP contribution in [-0.4, -0.2) is 38.6 Å². The summed E-state index contributed by atoms with van der Waals surface area (Å²) in [5.74, 6) is 0.128. The Kier molecular flexibility index (Phi) is 7.35. The molecular formula is C17H26N2O4Si. The van der Waals surface area contributed by atoms with Crippen LogP contribution in [0.5, 0.6) is 5.75 Å². The molecule has 0 radical (unpaired) electrons. The molecule has 7 heteroatoms. The Morgan fingerprint density at radius 2 is 1.67 bits per heavy atom. The third-order valence-electron chi connectivity index (χ3n) is 4.20. The van der Waals surface area contributed by atoms with Crippen molar-refractivity contribution in [3.05, 3.63) is 35.4 Å². The van der Waals surface area contributed by atoms with Crippen molar-refractivity contribution >= 4 is 19.6 Å². The number of benzene rings is 1. The molecule has 0 aliphatic rings. The molecule has 0 atom stereocenters. The van der Waals surface area contributed by atoms with Crippen LogP contribution in [0.1, 0.15) is 33.3 Å². The van der Waals surface area contributed by atoms with Gasteiger partial charge in [0.1, 0.15) is 5.75 Å². The van der Waals surface area contributed by atoms with Gasteiger partial charge in [-0.05, 0) is 28.8 Å². The Morgan fingerprint density at radius 1 is 1.12 bits per heavy atom. The molecule has 0 spiro atoms. The number of ether oxygens (including phenoxy) is 2. The highest BCUT2D eigenvalue weighted by Crippen LogP contribution is 2.35. The summed E-state index contributed by atoms with van der Waals surface area (Å²) in [5, 5.41) is 0.0171. The van der Waals surface area contributed by atoms with Crippen LogP contribution in [0.4, 0.5) is 0 Å². The summed E-state index contributed by atoms with van der Waals surface area (Å²) in [6, 6.07) is 7.53. The Labute approximate surface area is 144 Å². The van der Waals surface area contributed by atoms with Crippen molar-refractivity contribution in [2.24, 2.45) is 0 Å². The first-order valence-electron chi connectivity index (χ1n) is 7.91. The molecule has 24 heavy (non-hydrogen) atoms. The quantitative estimate of drug-likeness (QED) is 0.237. The van der Waals surface area contributed by atoms with E-state index >= 15 is 0 Å². The summed E-state index contributed by atoms with van der Waals surface area (Å²) in [7, 11) is 0.0128. The zero-order valence-electron chi connectivity index (χ0n) is 15.2. The Balaban J connectivity index is 3.18. The van der Waals surface area contributed by atoms with Crippen molar-refractivity contribution in [1.29, 1.82) is 0 Å². The maximum Gasteiger partial charge on any atom is 0.413 e. The van der Waals surface area contributed by atoms with Gasteiger partial charge in [-0.25, -0.2) is 4.79 Å². The van der Waals surface area contributed by atoms with Gasteiger partial charge in [0.15, 0.2) is 0 Å². The minimum atomic E-state index is -2.87. The molecule has 0 aromatic heterocycles. The SMILES string of the molecule is COC(=O)C(=[N+]=[N-])[Si](OCc1ccc(OC)cc1)(C(C)C)C(C)C. The van der Waals surface area contributed by atoms with Gasteiger partial charge < -0.3 is 19.4 Å². The second-order valence-corrected chi connectivity index (χ2v) is 10.8. The van der Waals surface area contributed by atoms with Crippen LogP contribution < -0.4 is 4.74 Å². The fourth-order valence-corrected chi connectivity index (χ4v) is 7.13. The van der Waals surface area contributed by atoms with Gasteiger partial charge in [-0.3, -0.25) is 0 Å². The first-order valence-corrected chi connectivity index (χ1v) is 9.97. The number of carbonyl (C=O) groups excluding carboxylic acids is 1. The fraction of sp³-hybridized carbons (Fsp3) is 0.529. The van der Waals surface area contributed by atoms with Gasteiger partial charge >= 0.3 is 19.6 Å². The minimum Gasteiger partial charge on any atom is -0.497 e. The number of rotatable bonds is 8. The number of hydrogen-bond acceptors (Lipinski definition) is 4. The lowest BCUT2D eigenvalue weighted by atomic mass is 10.2. The fourth-order valence-electron chi connectivity index (χ4n) is 2.91. The van der Waals surface area contributed by atoms with Gasteiger partial charge in [0.2, 0.25) is 0 Å². The molecule has 0 bridgehead atoms. The summed E-state index contributed by atoms with van der Waals surface area (Å²) < 4.78 is 16.2. The number of carbonyl (C=O) groups is 1. The van der Waals surface area contributed by atoms with E-state index in [2.05, 4.69) is 4.79 Å². The molecule has 0 heterocycles. The van der Waals surface area contributed by atoms with Crippen LogP contribution in [0, 0.1) is 0 Å². The molecule has 0 saturated heterocycles. The zero-order chi connectivity index (χ0) is 18.3. The number of hydrogen-bond donors (Lipinski definition) is 0. The van der Waals surface area contributed by atoms with Crippen molar-refractivity contribution in [1.82, 2.24) is 0 Å². The lowest BCUT2D eigenvalue weighted by Crippen LogP contribution is -2.56. The lowest BCUT2D eigenvalue weighted by Gasteiger charge is -2.33. The van der Waals surface area contributed by atoms with Gasteiger partial charge in [-0.2, -0.15) is 4.79 Å². The maximum atomic E-state index is 12.1. The van der Waals surface area contributed by atoms with Crippen molar-refractivity contribution in [2.45, 2.75) is 45.4 Å². The molecular weight excluding hydrogens is 324 g/mol. The van der Waals surface area contributed by atoms with Crippen LogP contribution in [-0.2, 0) is 20.6 Å². The van der Waals surface area contributed by atoms with E-state index in [-0.39, 0.29) is 16.4 Å². The lowest BCUT2D eigenvalue weighted by molar-refractivity contribution is -0.137. The first kappa shape index (κ1) is 20.1. The molecule has 6 nitrogen and oxygen atoms in total. The Hall–Kier alpha value is -1.95. The molecule has 0 unspecified atom stereocenters. The Morgan fingerprint density at radius 3 is 2.04 bits per heavy atom. The topological polar surface area (TPSA) is 81.2 Å². The van der Waals surface area contributed by atoms with Crippen LogP contribution in [0.25, 0.3) is 5.53 Å². The van der Waals surface area contributed by atoms with E-state index in [9.17, 15) is 10.3 Å². The highest BCUT2D eigenvalue weighted by Gasteiger charge is 2.58. The van der Waals surface area contributed by atoms with E-state index < -0.39 is 14.3 Å². The summed E-state index contributed by atoms with van der Waals surface area (Å²) in [5.41, 5.74) is 10.5. The van der Waals surface area contributed by atoms with Crippen molar-refractivity contribution < 1.29 is 23.5 Å². The molecule has 0 amide bonds. The molecule has 0 aliphatic heterocycles. The maximum absolute atomic E-state index is 12.1. The van der Waals surface area contributed by atoms with Gasteiger partial charge in [-0.1, -0.05) is 39.8 Å². The van der Waals surface area contributed by atoms with E-state index in [0.29, 0.717) is 6.61 Å². The summed E-state index contributed by atoms with van der Waals surface area (Å²) in [4.78, 5) is 15.4. The third-order valence-corrected chi connectivity index (χ3v) is 9.30. The molecule has 0 N–H and O–H groups in total. The molecule has 1 rings (SSSR count). The molecule has 0 saturated carbocycles. The van der Waals surface area contributed by atoms with Gasteiger partial charge in [0.05, 0.1) is 20.8 Å². The van der Waals surface area contributed by atoms with Crippen LogP contribution in [0.15, 0.2) is 24.3 Å². The van der Waals surface area contributed by atoms with E-state index in [1.165, 1.54) is 7.11 Å². The second kappa shape index (κ2) is 8.77. The monoisotopic (exact) mass is 350 g/mol. The summed E-state index contributed by atoms with van der Waals surface area (Å²) in [6.07, 6.45) is 0. The highest BCUT2D eigenvalue weighted by molar-refractivity contribution is 7.11. The van der Waals surface area contributed by atoms with Crippen molar-refractivity contribution in [3.8, 4) is 5.75 Å². The number of esters is 1. The van der Waals surface area contributed by atoms with E-state index in [0.717, 1.165) is 11.3 Å². The summed E-state index contributed by atoms with van der Waals surface area (Å²) in [6.45, 7) is 8.24. The first-order chi connectivity index (χ1) is 11.3. The Bertz CT molecular complexity index is 600. The van der Waals surface area contributed by atoms with Crippen LogP contribution in [0.2, 0.25) is 11.1 Å². The zero-order valence-corrected chi connectivity index (χ0v) is 16.2. The number of nitrogens with zero attached hydrogens (tertiary/aromatic N) is 2. The standard InChI is InChI=1S/C17H26N2O4Si/c1-12(2)24(13(3)4,16(19-18)17(20)22-6)23-11-14-7-9-15(21-5)10-8-14/h7-10,12-13H,11H2,1-6H3. The van der Waals surface area contributed by atoms with Crippen molar-refractivity contribution in [3.63, 3.8) is 0 Å². The second-order valence-electron chi connectivity index (χ2n) is 6.18. The van der Waals surface area contributed by atoms with E-state index in [4.69, 9.17) is 13.9 Å². The molecule has 132 valence electrons. The third kappa shape index (κ3) is 4.11. The van der Waals surface area contributed by atoms with Crippen LogP contribution in [0.3, 0.4) is 0 Å². The number of methoxy groups -OCH3 is 2. The van der Waals surface area contributed by atoms with E-state index in [1.54, 1.807) is 7.11 Å². The normalized spacial score (nSPS) is 11.3. The average Bonchev–Trinajstić information content (AvgIpc) is 2.57. The molecule has 0 fully saturated rings. The molecule has 1 aromatic rings. The van der Waals surface area contributed by atoms with Crippen molar-refractivity contribution in [2.75, 3.05) is 14.2 Å². The summed E-state index contributed by atoms with van der Waals surface area (Å²) >= 11 is 0.